The zero-order chi connectivity index (χ0) is 6.85. The van der Waals surface area contributed by atoms with E-state index < -0.39 is 0 Å². The molecule has 0 aromatic carbocycles. The summed E-state index contributed by atoms with van der Waals surface area (Å²) in [4.78, 5) is 4.30. The van der Waals surface area contributed by atoms with Crippen LogP contribution in [0.15, 0.2) is 0 Å². The van der Waals surface area contributed by atoms with Gasteiger partial charge < -0.3 is 4.90 Å². The van der Waals surface area contributed by atoms with Gasteiger partial charge in [-0.25, -0.2) is 0 Å². The van der Waals surface area contributed by atoms with E-state index in [1.165, 1.54) is 0 Å². The van der Waals surface area contributed by atoms with Gasteiger partial charge in [0.15, 0.2) is 0 Å². The average molecular weight is 185 g/mol. The monoisotopic (exact) mass is 185 g/mol. The van der Waals surface area contributed by atoms with Crippen LogP contribution >= 0.6 is 24.0 Å². The van der Waals surface area contributed by atoms with E-state index in [0.29, 0.717) is 0 Å². The Labute approximate surface area is 93.6 Å². The number of rotatable bonds is 0. The number of thioether (sulfide) groups is 1. The van der Waals surface area contributed by atoms with E-state index in [2.05, 4.69) is 16.8 Å². The zero-order valence-corrected chi connectivity index (χ0v) is 10.3. The second-order valence-corrected chi connectivity index (χ2v) is 3.81. The molecular formula is C5H10N2NaS2+. The molecule has 1 heterocycles. The van der Waals surface area contributed by atoms with E-state index in [-0.39, 0.29) is 29.6 Å². The van der Waals surface area contributed by atoms with E-state index >= 15 is 0 Å². The minimum absolute atomic E-state index is 0. The molecule has 5 heteroatoms. The largest absolute Gasteiger partial charge is 1.00 e. The van der Waals surface area contributed by atoms with Gasteiger partial charge in [-0.3, -0.25) is 4.90 Å². The van der Waals surface area contributed by atoms with E-state index in [4.69, 9.17) is 12.2 Å². The summed E-state index contributed by atoms with van der Waals surface area (Å²) in [6.45, 7) is 0.964. The molecule has 0 N–H and O–H groups in total. The molecule has 2 nitrogen and oxygen atoms in total. The predicted molar refractivity (Wildman–Crippen MR) is 45.4 cm³/mol. The molecule has 1 saturated heterocycles. The van der Waals surface area contributed by atoms with Crippen LogP contribution in [-0.2, 0) is 0 Å². The minimum Gasteiger partial charge on any atom is -0.348 e. The third-order valence-corrected chi connectivity index (χ3v) is 2.97. The van der Waals surface area contributed by atoms with Crippen molar-refractivity contribution in [2.24, 2.45) is 0 Å². The Hall–Kier alpha value is 1.20. The Morgan fingerprint density at radius 1 is 1.50 bits per heavy atom. The molecule has 0 saturated carbocycles. The average Bonchev–Trinajstić information content (AvgIpc) is 1.80. The second kappa shape index (κ2) is 4.95. The number of nitrogens with zero attached hydrogens (tertiary/aromatic N) is 2. The molecule has 1 fully saturated rings. The van der Waals surface area contributed by atoms with Crippen LogP contribution in [0.25, 0.3) is 0 Å². The molecule has 0 radical (unpaired) electrons. The standard InChI is InChI=1S/C5H10N2S2.Na/c1-6-3-7(2)5(8)9-4-6;/h3-4H2,1-2H3;/q;+1. The maximum Gasteiger partial charge on any atom is 1.00 e. The molecule has 10 heavy (non-hydrogen) atoms. The van der Waals surface area contributed by atoms with Crippen molar-refractivity contribution in [2.45, 2.75) is 0 Å². The summed E-state index contributed by atoms with van der Waals surface area (Å²) in [5.41, 5.74) is 0. The molecule has 0 amide bonds. The van der Waals surface area contributed by atoms with Crippen LogP contribution in [0.4, 0.5) is 0 Å². The van der Waals surface area contributed by atoms with Crippen LogP contribution in [0.3, 0.4) is 0 Å². The quantitative estimate of drug-likeness (QED) is 0.312. The fourth-order valence-corrected chi connectivity index (χ4v) is 1.64. The van der Waals surface area contributed by atoms with Crippen LogP contribution in [0.1, 0.15) is 0 Å². The SMILES string of the molecule is CN1CSC(=S)N(C)C1.[Na+]. The third-order valence-electron chi connectivity index (χ3n) is 1.17. The first-order valence-electron chi connectivity index (χ1n) is 2.76. The van der Waals surface area contributed by atoms with Crippen molar-refractivity contribution in [3.63, 3.8) is 0 Å². The van der Waals surface area contributed by atoms with Gasteiger partial charge in [0.1, 0.15) is 4.32 Å². The van der Waals surface area contributed by atoms with Crippen LogP contribution in [0, 0.1) is 0 Å². The first kappa shape index (κ1) is 11.2. The van der Waals surface area contributed by atoms with Crippen molar-refractivity contribution in [3.05, 3.63) is 0 Å². The summed E-state index contributed by atoms with van der Waals surface area (Å²) < 4.78 is 1.01. The van der Waals surface area contributed by atoms with Crippen molar-refractivity contribution in [2.75, 3.05) is 26.6 Å². The van der Waals surface area contributed by atoms with Crippen molar-refractivity contribution >= 4 is 28.3 Å². The summed E-state index contributed by atoms with van der Waals surface area (Å²) in [7, 11) is 4.11. The van der Waals surface area contributed by atoms with Crippen LogP contribution < -0.4 is 29.6 Å². The van der Waals surface area contributed by atoms with Gasteiger partial charge in [-0.2, -0.15) is 0 Å². The van der Waals surface area contributed by atoms with Crippen LogP contribution in [-0.4, -0.2) is 40.8 Å². The maximum atomic E-state index is 5.04. The summed E-state index contributed by atoms with van der Waals surface area (Å²) in [5, 5.41) is 0. The Morgan fingerprint density at radius 3 is 2.50 bits per heavy atom. The Morgan fingerprint density at radius 2 is 2.10 bits per heavy atom. The molecule has 0 aliphatic carbocycles. The zero-order valence-electron chi connectivity index (χ0n) is 6.63. The number of thiocarbonyl (C=S) groups is 1. The molecule has 0 aromatic rings. The topological polar surface area (TPSA) is 6.48 Å². The van der Waals surface area contributed by atoms with Gasteiger partial charge in [0, 0.05) is 7.05 Å². The van der Waals surface area contributed by atoms with Crippen LogP contribution in [0.2, 0.25) is 0 Å². The van der Waals surface area contributed by atoms with Crippen molar-refractivity contribution in [3.8, 4) is 0 Å². The number of hydrogen-bond acceptors (Lipinski definition) is 3. The van der Waals surface area contributed by atoms with Crippen molar-refractivity contribution in [1.29, 1.82) is 0 Å². The van der Waals surface area contributed by atoms with Gasteiger partial charge in [-0.05, 0) is 7.05 Å². The van der Waals surface area contributed by atoms with Gasteiger partial charge in [-0.1, -0.05) is 24.0 Å². The van der Waals surface area contributed by atoms with Gasteiger partial charge in [0.25, 0.3) is 0 Å². The fraction of sp³-hybridized carbons (Fsp3) is 0.800. The summed E-state index contributed by atoms with van der Waals surface area (Å²) in [5.74, 6) is 1.03. The van der Waals surface area contributed by atoms with E-state index in [0.717, 1.165) is 16.9 Å². The molecule has 52 valence electrons. The maximum absolute atomic E-state index is 5.04. The Bertz CT molecular complexity index is 131. The van der Waals surface area contributed by atoms with Gasteiger partial charge in [-0.15, -0.1) is 0 Å². The van der Waals surface area contributed by atoms with Gasteiger partial charge >= 0.3 is 29.6 Å². The Kier molecular flexibility index (Phi) is 5.55. The third kappa shape index (κ3) is 3.07. The van der Waals surface area contributed by atoms with Crippen molar-refractivity contribution in [1.82, 2.24) is 9.80 Å². The molecule has 0 aromatic heterocycles. The Balaban J connectivity index is 0.000000810. The normalized spacial score (nSPS) is 20.6. The molecule has 1 aliphatic rings. The summed E-state index contributed by atoms with van der Waals surface area (Å²) in [6, 6.07) is 0. The summed E-state index contributed by atoms with van der Waals surface area (Å²) in [6.07, 6.45) is 0. The molecule has 0 spiro atoms. The van der Waals surface area contributed by atoms with Crippen molar-refractivity contribution < 1.29 is 29.6 Å². The molecule has 0 unspecified atom stereocenters. The molecular weight excluding hydrogens is 175 g/mol. The molecule has 1 rings (SSSR count). The molecule has 0 atom stereocenters. The van der Waals surface area contributed by atoms with E-state index in [1.807, 2.05) is 7.05 Å². The molecule has 1 aliphatic heterocycles. The van der Waals surface area contributed by atoms with Crippen LogP contribution in [0.5, 0.6) is 0 Å². The fourth-order valence-electron chi connectivity index (χ4n) is 0.736. The van der Waals surface area contributed by atoms with E-state index in [9.17, 15) is 0 Å². The van der Waals surface area contributed by atoms with E-state index in [1.54, 1.807) is 11.8 Å². The van der Waals surface area contributed by atoms with Gasteiger partial charge in [0.2, 0.25) is 0 Å². The number of hydrogen-bond donors (Lipinski definition) is 0. The second-order valence-electron chi connectivity index (χ2n) is 2.23. The smallest absolute Gasteiger partial charge is 0.348 e. The van der Waals surface area contributed by atoms with Gasteiger partial charge in [0.05, 0.1) is 12.5 Å². The molecule has 0 bridgehead atoms. The minimum atomic E-state index is 0. The summed E-state index contributed by atoms with van der Waals surface area (Å²) >= 11 is 6.76. The first-order valence-corrected chi connectivity index (χ1v) is 4.16. The predicted octanol–water partition coefficient (Wildman–Crippen LogP) is -2.20. The first-order chi connectivity index (χ1) is 4.20.